The molecule has 3 N–H and O–H groups in total. The highest BCUT2D eigenvalue weighted by molar-refractivity contribution is 5.94. The first-order chi connectivity index (χ1) is 12.7. The third kappa shape index (κ3) is 2.19. The maximum Gasteiger partial charge on any atom is 0.181 e. The van der Waals surface area contributed by atoms with Gasteiger partial charge in [-0.1, -0.05) is 17.3 Å². The van der Waals surface area contributed by atoms with Crippen LogP contribution in [0.25, 0.3) is 33.1 Å². The minimum Gasteiger partial charge on any atom is -0.394 e. The highest BCUT2D eigenvalue weighted by Crippen LogP contribution is 2.31. The average Bonchev–Trinajstić information content (AvgIpc) is 3.19. The van der Waals surface area contributed by atoms with Gasteiger partial charge < -0.3 is 20.1 Å². The fraction of sp³-hybridized carbons (Fsp3) is 0.294. The minimum atomic E-state index is -1.23. The van der Waals surface area contributed by atoms with Gasteiger partial charge in [-0.25, -0.2) is 14.6 Å². The summed E-state index contributed by atoms with van der Waals surface area (Å²) in [5.74, 6) is 0. The molecule has 0 bridgehead atoms. The van der Waals surface area contributed by atoms with Crippen LogP contribution in [0.15, 0.2) is 36.4 Å². The molecule has 1 saturated heterocycles. The Morgan fingerprint density at radius 1 is 0.923 bits per heavy atom. The van der Waals surface area contributed by atoms with Crippen molar-refractivity contribution < 1.29 is 20.1 Å². The van der Waals surface area contributed by atoms with Crippen molar-refractivity contribution in [1.82, 2.24) is 25.0 Å². The number of nitrogens with zero attached hydrogens (tertiary/aromatic N) is 5. The molecule has 5 rings (SSSR count). The number of hydrogen-bond donors (Lipinski definition) is 3. The van der Waals surface area contributed by atoms with Crippen LogP contribution >= 0.6 is 0 Å². The Kier molecular flexibility index (Phi) is 3.37. The summed E-state index contributed by atoms with van der Waals surface area (Å²) < 4.78 is 6.94. The van der Waals surface area contributed by atoms with Crippen LogP contribution in [0, 0.1) is 0 Å². The lowest BCUT2D eigenvalue weighted by Gasteiger charge is -2.15. The zero-order valence-corrected chi connectivity index (χ0v) is 13.5. The topological polar surface area (TPSA) is 126 Å². The molecule has 0 spiro atoms. The van der Waals surface area contributed by atoms with E-state index < -0.39 is 31.1 Å². The standard InChI is InChI=1S/C17H15N5O4/c23-7-14-15(24)16(25)17(26-14)22-13-6-11-10(5-12(13)20-21-22)18-8-3-1-2-4-9(8)19-11/h1-6,14-17,23-25H,7H2/t14-,15-,16-,17-/m1/s1. The second-order valence-electron chi connectivity index (χ2n) is 6.30. The van der Waals surface area contributed by atoms with E-state index in [9.17, 15) is 15.3 Å². The van der Waals surface area contributed by atoms with Crippen molar-refractivity contribution in [2.24, 2.45) is 0 Å². The van der Waals surface area contributed by atoms with Crippen LogP contribution in [0.2, 0.25) is 0 Å². The number of fused-ring (bicyclic) bond motifs is 3. The number of aliphatic hydroxyl groups excluding tert-OH is 3. The van der Waals surface area contributed by atoms with Gasteiger partial charge in [0.15, 0.2) is 6.23 Å². The summed E-state index contributed by atoms with van der Waals surface area (Å²) in [5, 5.41) is 37.6. The van der Waals surface area contributed by atoms with Gasteiger partial charge in [-0.3, -0.25) is 0 Å². The summed E-state index contributed by atoms with van der Waals surface area (Å²) in [4.78, 5) is 9.21. The summed E-state index contributed by atoms with van der Waals surface area (Å²) >= 11 is 0. The number of ether oxygens (including phenoxy) is 1. The van der Waals surface area contributed by atoms with Crippen LogP contribution in [0.1, 0.15) is 6.23 Å². The average molecular weight is 353 g/mol. The van der Waals surface area contributed by atoms with E-state index in [4.69, 9.17) is 4.74 Å². The van der Waals surface area contributed by atoms with Crippen molar-refractivity contribution in [1.29, 1.82) is 0 Å². The molecule has 0 unspecified atom stereocenters. The molecular formula is C17H15N5O4. The first kappa shape index (κ1) is 15.5. The Morgan fingerprint density at radius 2 is 1.62 bits per heavy atom. The zero-order valence-electron chi connectivity index (χ0n) is 13.5. The fourth-order valence-electron chi connectivity index (χ4n) is 3.32. The second-order valence-corrected chi connectivity index (χ2v) is 6.30. The molecule has 0 amide bonds. The van der Waals surface area contributed by atoms with Crippen molar-refractivity contribution in [3.63, 3.8) is 0 Å². The van der Waals surface area contributed by atoms with Crippen molar-refractivity contribution in [3.8, 4) is 0 Å². The first-order valence-electron chi connectivity index (χ1n) is 8.19. The Bertz CT molecular complexity index is 1130. The van der Waals surface area contributed by atoms with Crippen LogP contribution < -0.4 is 0 Å². The van der Waals surface area contributed by atoms with Crippen LogP contribution in [0.5, 0.6) is 0 Å². The summed E-state index contributed by atoms with van der Waals surface area (Å²) in [5.41, 5.74) is 4.06. The smallest absolute Gasteiger partial charge is 0.181 e. The number of rotatable bonds is 2. The van der Waals surface area contributed by atoms with E-state index in [1.807, 2.05) is 24.3 Å². The molecule has 26 heavy (non-hydrogen) atoms. The van der Waals surface area contributed by atoms with E-state index in [0.717, 1.165) is 11.0 Å². The van der Waals surface area contributed by atoms with E-state index in [2.05, 4.69) is 20.3 Å². The molecule has 4 aromatic rings. The lowest BCUT2D eigenvalue weighted by atomic mass is 10.1. The van der Waals surface area contributed by atoms with Crippen LogP contribution in [-0.2, 0) is 4.74 Å². The lowest BCUT2D eigenvalue weighted by Crippen LogP contribution is -2.33. The van der Waals surface area contributed by atoms with Gasteiger partial charge in [-0.2, -0.15) is 0 Å². The summed E-state index contributed by atoms with van der Waals surface area (Å²) in [6, 6.07) is 11.1. The summed E-state index contributed by atoms with van der Waals surface area (Å²) in [7, 11) is 0. The maximum absolute atomic E-state index is 10.2. The molecule has 2 aromatic heterocycles. The van der Waals surface area contributed by atoms with Gasteiger partial charge in [0.2, 0.25) is 0 Å². The predicted molar refractivity (Wildman–Crippen MR) is 91.1 cm³/mol. The molecule has 0 saturated carbocycles. The third-order valence-electron chi connectivity index (χ3n) is 4.69. The largest absolute Gasteiger partial charge is 0.394 e. The summed E-state index contributed by atoms with van der Waals surface area (Å²) in [6.07, 6.45) is -4.25. The lowest BCUT2D eigenvalue weighted by molar-refractivity contribution is -0.0572. The Balaban J connectivity index is 1.68. The number of aromatic nitrogens is 5. The third-order valence-corrected chi connectivity index (χ3v) is 4.69. The number of aliphatic hydroxyl groups is 3. The first-order valence-corrected chi connectivity index (χ1v) is 8.19. The van der Waals surface area contributed by atoms with E-state index in [1.165, 1.54) is 4.68 Å². The molecule has 0 radical (unpaired) electrons. The summed E-state index contributed by atoms with van der Waals surface area (Å²) in [6.45, 7) is -0.401. The number of hydrogen-bond acceptors (Lipinski definition) is 8. The predicted octanol–water partition coefficient (Wildman–Crippen LogP) is 0.139. The van der Waals surface area contributed by atoms with Crippen molar-refractivity contribution >= 4 is 33.1 Å². The van der Waals surface area contributed by atoms with Gasteiger partial charge in [0, 0.05) is 0 Å². The fourth-order valence-corrected chi connectivity index (χ4v) is 3.32. The van der Waals surface area contributed by atoms with E-state index in [0.29, 0.717) is 22.1 Å². The molecular weight excluding hydrogens is 338 g/mol. The van der Waals surface area contributed by atoms with Crippen LogP contribution in [0.3, 0.4) is 0 Å². The Hall–Kier alpha value is -2.72. The van der Waals surface area contributed by atoms with E-state index in [1.54, 1.807) is 12.1 Å². The highest BCUT2D eigenvalue weighted by Gasteiger charge is 2.44. The molecule has 9 nitrogen and oxygen atoms in total. The molecule has 1 aliphatic rings. The molecule has 132 valence electrons. The molecule has 1 fully saturated rings. The van der Waals surface area contributed by atoms with Gasteiger partial charge in [0.25, 0.3) is 0 Å². The minimum absolute atomic E-state index is 0.401. The molecule has 3 heterocycles. The Morgan fingerprint density at radius 3 is 2.27 bits per heavy atom. The zero-order chi connectivity index (χ0) is 17.8. The quantitative estimate of drug-likeness (QED) is 0.434. The van der Waals surface area contributed by atoms with Gasteiger partial charge in [-0.05, 0) is 24.3 Å². The van der Waals surface area contributed by atoms with Gasteiger partial charge in [0.05, 0.1) is 34.2 Å². The number of benzene rings is 2. The van der Waals surface area contributed by atoms with Crippen molar-refractivity contribution in [2.45, 2.75) is 24.5 Å². The molecule has 4 atom stereocenters. The van der Waals surface area contributed by atoms with Gasteiger partial charge >= 0.3 is 0 Å². The highest BCUT2D eigenvalue weighted by atomic mass is 16.6. The van der Waals surface area contributed by atoms with Crippen molar-refractivity contribution in [2.75, 3.05) is 6.61 Å². The molecule has 2 aromatic carbocycles. The van der Waals surface area contributed by atoms with E-state index >= 15 is 0 Å². The maximum atomic E-state index is 10.2. The molecule has 0 aliphatic carbocycles. The Labute approximate surface area is 146 Å². The molecule has 9 heteroatoms. The van der Waals surface area contributed by atoms with Gasteiger partial charge in [0.1, 0.15) is 23.8 Å². The van der Waals surface area contributed by atoms with Crippen LogP contribution in [-0.4, -0.2) is 65.2 Å². The normalized spacial score (nSPS) is 26.3. The number of para-hydroxylation sites is 2. The van der Waals surface area contributed by atoms with E-state index in [-0.39, 0.29) is 0 Å². The second kappa shape index (κ2) is 5.64. The monoisotopic (exact) mass is 353 g/mol. The molecule has 1 aliphatic heterocycles. The van der Waals surface area contributed by atoms with Crippen molar-refractivity contribution in [3.05, 3.63) is 36.4 Å². The van der Waals surface area contributed by atoms with Crippen LogP contribution in [0.4, 0.5) is 0 Å². The van der Waals surface area contributed by atoms with Gasteiger partial charge in [-0.15, -0.1) is 5.10 Å². The SMILES string of the molecule is OC[C@H]1O[C@@H](n2nnc3cc4nc5ccccc5nc4cc32)[C@H](O)[C@@H]1O.